The Hall–Kier alpha value is -0.893. The van der Waals surface area contributed by atoms with Gasteiger partial charge in [-0.05, 0) is 12.1 Å². The van der Waals surface area contributed by atoms with Crippen LogP contribution in [0.4, 0.5) is 0 Å². The Morgan fingerprint density at radius 2 is 2.42 bits per heavy atom. The molecular formula is C9H9LiN2. The molecule has 0 spiro atoms. The number of hydrogen-bond acceptors (Lipinski definition) is 1. The summed E-state index contributed by atoms with van der Waals surface area (Å²) in [7, 11) is 0. The molecule has 12 heavy (non-hydrogen) atoms. The normalized spacial score (nSPS) is 8.00. The van der Waals surface area contributed by atoms with Gasteiger partial charge in [0.05, 0.1) is 0 Å². The molecule has 0 amide bonds. The molecule has 1 aromatic rings. The van der Waals surface area contributed by atoms with Crippen LogP contribution in [0, 0.1) is 12.6 Å². The van der Waals surface area contributed by atoms with Crippen molar-refractivity contribution < 1.29 is 18.9 Å². The van der Waals surface area contributed by atoms with Crippen LogP contribution >= 0.6 is 0 Å². The zero-order valence-corrected chi connectivity index (χ0v) is 7.41. The third kappa shape index (κ3) is 2.62. The molecule has 0 fully saturated rings. The molecular weight excluding hydrogens is 143 g/mol. The van der Waals surface area contributed by atoms with Crippen molar-refractivity contribution in [2.24, 2.45) is 0 Å². The van der Waals surface area contributed by atoms with Gasteiger partial charge in [0.1, 0.15) is 0 Å². The van der Waals surface area contributed by atoms with E-state index in [1.807, 2.05) is 19.1 Å². The predicted octanol–water partition coefficient (Wildman–Crippen LogP) is -0.705. The van der Waals surface area contributed by atoms with E-state index in [1.165, 1.54) is 0 Å². The molecule has 0 aromatic carbocycles. The third-order valence-electron chi connectivity index (χ3n) is 1.46. The second-order valence-corrected chi connectivity index (χ2v) is 2.15. The molecule has 0 aliphatic rings. The van der Waals surface area contributed by atoms with Crippen molar-refractivity contribution in [3.63, 3.8) is 0 Å². The minimum atomic E-state index is 0. The van der Waals surface area contributed by atoms with Crippen LogP contribution in [0.3, 0.4) is 0 Å². The quantitative estimate of drug-likeness (QED) is 0.404. The van der Waals surface area contributed by atoms with Gasteiger partial charge >= 0.3 is 18.9 Å². The Morgan fingerprint density at radius 1 is 1.67 bits per heavy atom. The molecule has 0 radical (unpaired) electrons. The summed E-state index contributed by atoms with van der Waals surface area (Å²) in [6.07, 6.45) is 4.20. The van der Waals surface area contributed by atoms with E-state index in [9.17, 15) is 0 Å². The van der Waals surface area contributed by atoms with Gasteiger partial charge in [0.25, 0.3) is 0 Å². The first kappa shape index (κ1) is 11.1. The molecule has 0 unspecified atom stereocenters. The average molecular weight is 152 g/mol. The fraction of sp³-hybridized carbons (Fsp3) is 0.222. The molecule has 0 saturated carbocycles. The van der Waals surface area contributed by atoms with Crippen molar-refractivity contribution in [1.29, 1.82) is 0 Å². The predicted molar refractivity (Wildman–Crippen MR) is 43.5 cm³/mol. The monoisotopic (exact) mass is 152 g/mol. The topological polar surface area (TPSA) is 17.2 Å². The number of aromatic nitrogens is 1. The Balaban J connectivity index is 0.00000121. The van der Waals surface area contributed by atoms with Gasteiger partial charge in [-0.1, -0.05) is 25.0 Å². The molecule has 0 bridgehead atoms. The van der Waals surface area contributed by atoms with Gasteiger partial charge in [-0.25, -0.2) is 0 Å². The average Bonchev–Trinajstić information content (AvgIpc) is 2.09. The van der Waals surface area contributed by atoms with Gasteiger partial charge in [-0.2, -0.15) is 0 Å². The largest absolute Gasteiger partial charge is 1.00 e. The van der Waals surface area contributed by atoms with Crippen LogP contribution in [-0.2, 0) is 0 Å². The van der Waals surface area contributed by atoms with E-state index in [1.54, 1.807) is 12.4 Å². The summed E-state index contributed by atoms with van der Waals surface area (Å²) in [6, 6.07) is 4.53. The molecule has 56 valence electrons. The second kappa shape index (κ2) is 5.72. The van der Waals surface area contributed by atoms with Crippen LogP contribution in [0.2, 0.25) is 0 Å². The summed E-state index contributed by atoms with van der Waals surface area (Å²) in [4.78, 5) is 7.34. The van der Waals surface area contributed by atoms with Crippen LogP contribution in [0.15, 0.2) is 24.5 Å². The SMILES string of the molecule is [C-]#[N+][C-](CC)c1cccnc1.[Li+]. The number of hydrogen-bond donors (Lipinski definition) is 0. The summed E-state index contributed by atoms with van der Waals surface area (Å²) in [6.45, 7) is 8.83. The van der Waals surface area contributed by atoms with Gasteiger partial charge in [0.2, 0.25) is 0 Å². The number of nitrogens with zero attached hydrogens (tertiary/aromatic N) is 2. The van der Waals surface area contributed by atoms with Crippen LogP contribution in [0.25, 0.3) is 4.85 Å². The van der Waals surface area contributed by atoms with Crippen LogP contribution < -0.4 is 18.9 Å². The second-order valence-electron chi connectivity index (χ2n) is 2.15. The summed E-state index contributed by atoms with van der Waals surface area (Å²) in [5.74, 6) is 0. The van der Waals surface area contributed by atoms with E-state index in [4.69, 9.17) is 6.57 Å². The van der Waals surface area contributed by atoms with Crippen molar-refractivity contribution in [2.45, 2.75) is 13.3 Å². The molecule has 0 aliphatic carbocycles. The molecule has 0 atom stereocenters. The van der Waals surface area contributed by atoms with Crippen LogP contribution in [0.5, 0.6) is 0 Å². The van der Waals surface area contributed by atoms with Gasteiger partial charge in [-0.3, -0.25) is 11.6 Å². The van der Waals surface area contributed by atoms with Gasteiger partial charge in [0, 0.05) is 12.4 Å². The van der Waals surface area contributed by atoms with Crippen molar-refractivity contribution >= 4 is 0 Å². The Labute approximate surface area is 85.0 Å². The Bertz CT molecular complexity index is 253. The maximum absolute atomic E-state index is 6.86. The van der Waals surface area contributed by atoms with E-state index in [0.29, 0.717) is 0 Å². The minimum Gasteiger partial charge on any atom is -0.454 e. The van der Waals surface area contributed by atoms with Crippen LogP contribution in [-0.4, -0.2) is 4.98 Å². The third-order valence-corrected chi connectivity index (χ3v) is 1.46. The first-order valence-corrected chi connectivity index (χ1v) is 3.52. The first-order valence-electron chi connectivity index (χ1n) is 3.52. The molecule has 3 heteroatoms. The van der Waals surface area contributed by atoms with E-state index >= 15 is 0 Å². The zero-order chi connectivity index (χ0) is 8.10. The summed E-state index contributed by atoms with van der Waals surface area (Å²) in [5.41, 5.74) is 0.935. The summed E-state index contributed by atoms with van der Waals surface area (Å²) in [5, 5.41) is 0. The number of rotatable bonds is 2. The minimum absolute atomic E-state index is 0. The Morgan fingerprint density at radius 3 is 2.83 bits per heavy atom. The fourth-order valence-electron chi connectivity index (χ4n) is 0.881. The van der Waals surface area contributed by atoms with E-state index < -0.39 is 0 Å². The maximum atomic E-state index is 6.86. The van der Waals surface area contributed by atoms with Crippen molar-refractivity contribution in [1.82, 2.24) is 4.98 Å². The van der Waals surface area contributed by atoms with E-state index in [0.717, 1.165) is 18.0 Å². The van der Waals surface area contributed by atoms with Gasteiger partial charge < -0.3 is 4.85 Å². The zero-order valence-electron chi connectivity index (χ0n) is 7.41. The first-order chi connectivity index (χ1) is 5.38. The molecule has 0 aliphatic heterocycles. The molecule has 1 rings (SSSR count). The van der Waals surface area contributed by atoms with Crippen molar-refractivity contribution in [3.05, 3.63) is 47.5 Å². The smallest absolute Gasteiger partial charge is 0.454 e. The molecule has 1 aromatic heterocycles. The van der Waals surface area contributed by atoms with Crippen molar-refractivity contribution in [2.75, 3.05) is 0 Å². The summed E-state index contributed by atoms with van der Waals surface area (Å²) >= 11 is 0. The Kier molecular flexibility index (Phi) is 5.29. The van der Waals surface area contributed by atoms with E-state index in [-0.39, 0.29) is 18.9 Å². The van der Waals surface area contributed by atoms with Crippen molar-refractivity contribution in [3.8, 4) is 0 Å². The van der Waals surface area contributed by atoms with Gasteiger partial charge in [0.15, 0.2) is 0 Å². The van der Waals surface area contributed by atoms with Crippen LogP contribution in [0.1, 0.15) is 18.9 Å². The molecule has 2 nitrogen and oxygen atoms in total. The summed E-state index contributed by atoms with van der Waals surface area (Å²) < 4.78 is 0. The molecule has 1 heterocycles. The maximum Gasteiger partial charge on any atom is 1.00 e. The fourth-order valence-corrected chi connectivity index (χ4v) is 0.881. The van der Waals surface area contributed by atoms with Gasteiger partial charge in [-0.15, -0.1) is 0 Å². The molecule has 0 saturated heterocycles. The molecule has 0 N–H and O–H groups in total. The standard InChI is InChI=1S/C9H9N2.Li/c1-3-9(10-2)8-5-4-6-11-7-8;/h4-7H,3H2,1H3;/q-1;+1. The number of pyridine rings is 1. The van der Waals surface area contributed by atoms with E-state index in [2.05, 4.69) is 9.83 Å².